The summed E-state index contributed by atoms with van der Waals surface area (Å²) in [5, 5.41) is 14.7. The molecule has 2 rings (SSSR count). The summed E-state index contributed by atoms with van der Waals surface area (Å²) in [6.07, 6.45) is 4.98. The van der Waals surface area contributed by atoms with Crippen LogP contribution >= 0.6 is 11.6 Å². The van der Waals surface area contributed by atoms with Crippen LogP contribution in [0.5, 0.6) is 0 Å². The summed E-state index contributed by atoms with van der Waals surface area (Å²) in [5.41, 5.74) is 2.48. The van der Waals surface area contributed by atoms with Gasteiger partial charge in [0.15, 0.2) is 0 Å². The Bertz CT molecular complexity index is 632. The summed E-state index contributed by atoms with van der Waals surface area (Å²) in [7, 11) is 0. The van der Waals surface area contributed by atoms with Crippen molar-refractivity contribution >= 4 is 23.0 Å². The Morgan fingerprint density at radius 2 is 2.24 bits per heavy atom. The zero-order valence-corrected chi connectivity index (χ0v) is 12.4. The van der Waals surface area contributed by atoms with Crippen LogP contribution in [0.15, 0.2) is 36.7 Å². The first kappa shape index (κ1) is 15.3. The van der Waals surface area contributed by atoms with Crippen LogP contribution in [-0.2, 0) is 12.8 Å². The number of aromatic nitrogens is 1. The van der Waals surface area contributed by atoms with Crippen LogP contribution < -0.4 is 5.32 Å². The number of nitro benzene ring substituents is 1. The van der Waals surface area contributed by atoms with Crippen molar-refractivity contribution in [2.24, 2.45) is 0 Å². The predicted octanol–water partition coefficient (Wildman–Crippen LogP) is 3.86. The minimum absolute atomic E-state index is 0.00314. The van der Waals surface area contributed by atoms with E-state index >= 15 is 0 Å². The number of benzene rings is 1. The summed E-state index contributed by atoms with van der Waals surface area (Å²) in [6, 6.07) is 7.01. The Kier molecular flexibility index (Phi) is 5.11. The van der Waals surface area contributed by atoms with Crippen molar-refractivity contribution in [1.29, 1.82) is 0 Å². The highest BCUT2D eigenvalue weighted by molar-refractivity contribution is 6.31. The van der Waals surface area contributed by atoms with Gasteiger partial charge in [-0.25, -0.2) is 0 Å². The second-order valence-electron chi connectivity index (χ2n) is 4.61. The summed E-state index contributed by atoms with van der Waals surface area (Å²) in [5.74, 6) is 0. The first-order valence-corrected chi connectivity index (χ1v) is 7.09. The first-order chi connectivity index (χ1) is 10.1. The van der Waals surface area contributed by atoms with E-state index in [1.54, 1.807) is 18.5 Å². The van der Waals surface area contributed by atoms with Gasteiger partial charge in [0.05, 0.1) is 9.95 Å². The van der Waals surface area contributed by atoms with Crippen LogP contribution in [0.25, 0.3) is 0 Å². The largest absolute Gasteiger partial charge is 0.379 e. The molecular weight excluding hydrogens is 290 g/mol. The van der Waals surface area contributed by atoms with Crippen LogP contribution in [0.1, 0.15) is 18.1 Å². The number of pyridine rings is 1. The molecule has 0 spiro atoms. The molecule has 0 aliphatic rings. The van der Waals surface area contributed by atoms with Crippen molar-refractivity contribution in [2.75, 3.05) is 11.9 Å². The smallest absolute Gasteiger partial charge is 0.293 e. The molecule has 0 aliphatic heterocycles. The predicted molar refractivity (Wildman–Crippen MR) is 83.9 cm³/mol. The van der Waals surface area contributed by atoms with Gasteiger partial charge in [-0.15, -0.1) is 0 Å². The number of rotatable bonds is 6. The van der Waals surface area contributed by atoms with Gasteiger partial charge >= 0.3 is 0 Å². The molecule has 110 valence electrons. The number of nitrogens with zero attached hydrogens (tertiary/aromatic N) is 2. The van der Waals surface area contributed by atoms with E-state index in [9.17, 15) is 10.1 Å². The van der Waals surface area contributed by atoms with Crippen LogP contribution in [-0.4, -0.2) is 16.5 Å². The Morgan fingerprint density at radius 3 is 2.86 bits per heavy atom. The molecule has 21 heavy (non-hydrogen) atoms. The quantitative estimate of drug-likeness (QED) is 0.650. The second kappa shape index (κ2) is 7.04. The SMILES string of the molecule is CCc1cc(NCCc2cccnc2)c([N+](=O)[O-])cc1Cl. The molecule has 0 unspecified atom stereocenters. The maximum atomic E-state index is 11.1. The monoisotopic (exact) mass is 305 g/mol. The third kappa shape index (κ3) is 3.92. The lowest BCUT2D eigenvalue weighted by Crippen LogP contribution is -2.07. The molecule has 0 aliphatic carbocycles. The highest BCUT2D eigenvalue weighted by Crippen LogP contribution is 2.31. The van der Waals surface area contributed by atoms with Crippen molar-refractivity contribution in [3.05, 3.63) is 62.9 Å². The van der Waals surface area contributed by atoms with Gasteiger partial charge in [-0.3, -0.25) is 15.1 Å². The zero-order valence-electron chi connectivity index (χ0n) is 11.7. The molecule has 6 heteroatoms. The fraction of sp³-hybridized carbons (Fsp3) is 0.267. The Labute approximate surface area is 128 Å². The molecule has 0 amide bonds. The maximum Gasteiger partial charge on any atom is 0.293 e. The molecule has 2 aromatic rings. The number of anilines is 1. The van der Waals surface area contributed by atoms with E-state index in [2.05, 4.69) is 10.3 Å². The zero-order chi connectivity index (χ0) is 15.2. The minimum Gasteiger partial charge on any atom is -0.379 e. The number of nitrogens with one attached hydrogen (secondary N) is 1. The topological polar surface area (TPSA) is 68.1 Å². The first-order valence-electron chi connectivity index (χ1n) is 6.71. The van der Waals surface area contributed by atoms with E-state index < -0.39 is 4.92 Å². The average Bonchev–Trinajstić information content (AvgIpc) is 2.49. The maximum absolute atomic E-state index is 11.1. The molecule has 1 aromatic heterocycles. The summed E-state index contributed by atoms with van der Waals surface area (Å²) >= 11 is 6.04. The Hall–Kier alpha value is -2.14. The molecule has 0 radical (unpaired) electrons. The summed E-state index contributed by atoms with van der Waals surface area (Å²) in [4.78, 5) is 14.7. The van der Waals surface area contributed by atoms with Gasteiger partial charge in [0.2, 0.25) is 0 Å². The van der Waals surface area contributed by atoms with Crippen molar-refractivity contribution in [2.45, 2.75) is 19.8 Å². The minimum atomic E-state index is -0.419. The van der Waals surface area contributed by atoms with Gasteiger partial charge in [-0.2, -0.15) is 0 Å². The number of nitro groups is 1. The number of halogens is 1. The fourth-order valence-electron chi connectivity index (χ4n) is 2.06. The lowest BCUT2D eigenvalue weighted by atomic mass is 10.1. The van der Waals surface area contributed by atoms with E-state index in [0.29, 0.717) is 17.3 Å². The average molecular weight is 306 g/mol. The van der Waals surface area contributed by atoms with Gasteiger partial charge < -0.3 is 5.32 Å². The Morgan fingerprint density at radius 1 is 1.43 bits per heavy atom. The number of hydrogen-bond acceptors (Lipinski definition) is 4. The molecule has 0 bridgehead atoms. The number of hydrogen-bond donors (Lipinski definition) is 1. The summed E-state index contributed by atoms with van der Waals surface area (Å²) < 4.78 is 0. The van der Waals surface area contributed by atoms with Crippen LogP contribution in [0.4, 0.5) is 11.4 Å². The molecule has 0 fully saturated rings. The lowest BCUT2D eigenvalue weighted by Gasteiger charge is -2.10. The molecule has 1 heterocycles. The van der Waals surface area contributed by atoms with E-state index in [-0.39, 0.29) is 5.69 Å². The van der Waals surface area contributed by atoms with Crippen LogP contribution in [0, 0.1) is 10.1 Å². The van der Waals surface area contributed by atoms with Gasteiger partial charge in [0.25, 0.3) is 5.69 Å². The van der Waals surface area contributed by atoms with Crippen LogP contribution in [0.2, 0.25) is 5.02 Å². The van der Waals surface area contributed by atoms with Crippen molar-refractivity contribution in [3.8, 4) is 0 Å². The van der Waals surface area contributed by atoms with Crippen molar-refractivity contribution in [1.82, 2.24) is 4.98 Å². The lowest BCUT2D eigenvalue weighted by molar-refractivity contribution is -0.384. The highest BCUT2D eigenvalue weighted by atomic mass is 35.5. The third-order valence-corrected chi connectivity index (χ3v) is 3.55. The van der Waals surface area contributed by atoms with Gasteiger partial charge in [0, 0.05) is 25.0 Å². The molecule has 1 N–H and O–H groups in total. The Balaban J connectivity index is 2.12. The molecular formula is C15H16ClN3O2. The van der Waals surface area contributed by atoms with Crippen LogP contribution in [0.3, 0.4) is 0 Å². The molecule has 0 atom stereocenters. The molecule has 0 saturated heterocycles. The van der Waals surface area contributed by atoms with E-state index in [1.165, 1.54) is 6.07 Å². The van der Waals surface area contributed by atoms with Crippen molar-refractivity contribution in [3.63, 3.8) is 0 Å². The molecule has 1 aromatic carbocycles. The normalized spacial score (nSPS) is 10.4. The van der Waals surface area contributed by atoms with E-state index in [0.717, 1.165) is 24.0 Å². The fourth-order valence-corrected chi connectivity index (χ4v) is 2.35. The summed E-state index contributed by atoms with van der Waals surface area (Å²) in [6.45, 7) is 2.56. The molecule has 5 nitrogen and oxygen atoms in total. The van der Waals surface area contributed by atoms with Gasteiger partial charge in [-0.1, -0.05) is 24.6 Å². The van der Waals surface area contributed by atoms with E-state index in [4.69, 9.17) is 11.6 Å². The van der Waals surface area contributed by atoms with E-state index in [1.807, 2.05) is 19.1 Å². The van der Waals surface area contributed by atoms with Gasteiger partial charge in [0.1, 0.15) is 5.69 Å². The van der Waals surface area contributed by atoms with Gasteiger partial charge in [-0.05, 0) is 36.1 Å². The second-order valence-corrected chi connectivity index (χ2v) is 5.02. The number of aryl methyl sites for hydroxylation is 1. The highest BCUT2D eigenvalue weighted by Gasteiger charge is 2.16. The van der Waals surface area contributed by atoms with Crippen molar-refractivity contribution < 1.29 is 4.92 Å². The third-order valence-electron chi connectivity index (χ3n) is 3.19. The standard InChI is InChI=1S/C15H16ClN3O2/c1-2-12-8-14(15(19(20)21)9-13(12)16)18-7-5-11-4-3-6-17-10-11/h3-4,6,8-10,18H,2,5,7H2,1H3. The molecule has 0 saturated carbocycles.